The minimum atomic E-state index is -0.635. The van der Waals surface area contributed by atoms with Crippen molar-refractivity contribution in [1.82, 2.24) is 4.57 Å². The molecular weight excluding hydrogens is 270 g/mol. The van der Waals surface area contributed by atoms with Crippen LogP contribution in [0.1, 0.15) is 32.1 Å². The monoisotopic (exact) mass is 287 g/mol. The van der Waals surface area contributed by atoms with E-state index in [4.69, 9.17) is 4.74 Å². The molecule has 5 heteroatoms. The number of phenolic OH excluding ortho intramolecular Hbond substituents is 1. The zero-order valence-corrected chi connectivity index (χ0v) is 12.2. The maximum atomic E-state index is 12.1. The average Bonchev–Trinajstić information content (AvgIpc) is 2.72. The lowest BCUT2D eigenvalue weighted by Gasteiger charge is -2.05. The van der Waals surface area contributed by atoms with Crippen LogP contribution in [0.5, 0.6) is 5.75 Å². The van der Waals surface area contributed by atoms with Crippen molar-refractivity contribution in [3.63, 3.8) is 0 Å². The number of carbonyl (C=O) groups excluding carboxylic acids is 2. The van der Waals surface area contributed by atoms with Gasteiger partial charge in [-0.2, -0.15) is 0 Å². The zero-order valence-electron chi connectivity index (χ0n) is 12.2. The van der Waals surface area contributed by atoms with Gasteiger partial charge < -0.3 is 14.4 Å². The molecule has 0 fully saturated rings. The average molecular weight is 287 g/mol. The van der Waals surface area contributed by atoms with Crippen molar-refractivity contribution in [3.05, 3.63) is 52.8 Å². The molecule has 0 radical (unpaired) electrons. The molecule has 2 aromatic rings. The Bertz CT molecular complexity index is 700. The molecular formula is C16H17NO4. The fraction of sp³-hybridized carbons (Fsp3) is 0.250. The number of carbonyl (C=O) groups is 2. The number of hydrogen-bond donors (Lipinski definition) is 1. The highest BCUT2D eigenvalue weighted by molar-refractivity contribution is 6.00. The first-order valence-corrected chi connectivity index (χ1v) is 6.52. The number of rotatable bonds is 4. The predicted octanol–water partition coefficient (Wildman–Crippen LogP) is 2.39. The summed E-state index contributed by atoms with van der Waals surface area (Å²) in [5.74, 6) is -0.903. The summed E-state index contributed by atoms with van der Waals surface area (Å²) in [5.41, 5.74) is 2.57. The summed E-state index contributed by atoms with van der Waals surface area (Å²) in [5, 5.41) is 9.31. The SMILES string of the molecule is Cc1cc(C(=O)COC(=O)c2cccc(O)c2)c(C)n1C. The Morgan fingerprint density at radius 2 is 1.95 bits per heavy atom. The van der Waals surface area contributed by atoms with E-state index in [0.29, 0.717) is 5.56 Å². The van der Waals surface area contributed by atoms with Crippen LogP contribution in [-0.2, 0) is 11.8 Å². The Balaban J connectivity index is 2.04. The molecule has 0 saturated carbocycles. The largest absolute Gasteiger partial charge is 0.508 e. The van der Waals surface area contributed by atoms with Crippen LogP contribution in [0.2, 0.25) is 0 Å². The molecule has 1 aromatic heterocycles. The number of phenols is 1. The standard InChI is InChI=1S/C16H17NO4/c1-10-7-14(11(2)17(10)3)15(19)9-21-16(20)12-5-4-6-13(18)8-12/h4-8,18H,9H2,1-3H3. The molecule has 0 bridgehead atoms. The van der Waals surface area contributed by atoms with E-state index in [-0.39, 0.29) is 23.7 Å². The van der Waals surface area contributed by atoms with E-state index in [2.05, 4.69) is 0 Å². The molecule has 0 aliphatic carbocycles. The highest BCUT2D eigenvalue weighted by Crippen LogP contribution is 2.15. The van der Waals surface area contributed by atoms with Crippen molar-refractivity contribution in [2.24, 2.45) is 7.05 Å². The Kier molecular flexibility index (Phi) is 4.12. The topological polar surface area (TPSA) is 68.5 Å². The third-order valence-electron chi connectivity index (χ3n) is 3.49. The zero-order chi connectivity index (χ0) is 15.6. The molecule has 0 spiro atoms. The molecule has 21 heavy (non-hydrogen) atoms. The van der Waals surface area contributed by atoms with Gasteiger partial charge >= 0.3 is 5.97 Å². The molecule has 110 valence electrons. The number of benzene rings is 1. The van der Waals surface area contributed by atoms with Gasteiger partial charge in [-0.3, -0.25) is 4.79 Å². The Labute approximate surface area is 122 Å². The number of nitrogens with zero attached hydrogens (tertiary/aromatic N) is 1. The lowest BCUT2D eigenvalue weighted by molar-refractivity contribution is 0.0474. The predicted molar refractivity (Wildman–Crippen MR) is 77.6 cm³/mol. The minimum absolute atomic E-state index is 0.0229. The number of hydrogen-bond acceptors (Lipinski definition) is 4. The summed E-state index contributed by atoms with van der Waals surface area (Å²) in [6, 6.07) is 7.59. The summed E-state index contributed by atoms with van der Waals surface area (Å²) in [6.45, 7) is 3.43. The maximum Gasteiger partial charge on any atom is 0.338 e. The van der Waals surface area contributed by atoms with Crippen molar-refractivity contribution >= 4 is 11.8 Å². The van der Waals surface area contributed by atoms with Crippen LogP contribution >= 0.6 is 0 Å². The molecule has 0 atom stereocenters. The van der Waals surface area contributed by atoms with E-state index in [0.717, 1.165) is 11.4 Å². The minimum Gasteiger partial charge on any atom is -0.508 e. The Morgan fingerprint density at radius 1 is 1.24 bits per heavy atom. The van der Waals surface area contributed by atoms with E-state index in [1.165, 1.54) is 18.2 Å². The van der Waals surface area contributed by atoms with Gasteiger partial charge in [-0.15, -0.1) is 0 Å². The molecule has 0 saturated heterocycles. The number of aromatic hydroxyl groups is 1. The van der Waals surface area contributed by atoms with Gasteiger partial charge in [0.05, 0.1) is 5.56 Å². The van der Waals surface area contributed by atoms with Crippen LogP contribution in [0.3, 0.4) is 0 Å². The lowest BCUT2D eigenvalue weighted by atomic mass is 10.1. The number of ether oxygens (including phenoxy) is 1. The van der Waals surface area contributed by atoms with Gasteiger partial charge in [-0.05, 0) is 38.1 Å². The quantitative estimate of drug-likeness (QED) is 0.692. The van der Waals surface area contributed by atoms with Crippen molar-refractivity contribution in [2.45, 2.75) is 13.8 Å². The van der Waals surface area contributed by atoms with Crippen LogP contribution in [0.4, 0.5) is 0 Å². The Hall–Kier alpha value is -2.56. The molecule has 5 nitrogen and oxygen atoms in total. The van der Waals surface area contributed by atoms with Crippen LogP contribution in [0, 0.1) is 13.8 Å². The molecule has 1 aromatic carbocycles. The van der Waals surface area contributed by atoms with Crippen molar-refractivity contribution in [2.75, 3.05) is 6.61 Å². The molecule has 0 amide bonds. The van der Waals surface area contributed by atoms with Crippen LogP contribution < -0.4 is 0 Å². The van der Waals surface area contributed by atoms with Crippen LogP contribution in [0.15, 0.2) is 30.3 Å². The number of Topliss-reactive ketones (excluding diaryl/α,β-unsaturated/α-hetero) is 1. The second-order valence-electron chi connectivity index (χ2n) is 4.89. The summed E-state index contributed by atoms with van der Waals surface area (Å²) in [7, 11) is 1.88. The number of aryl methyl sites for hydroxylation is 1. The molecule has 1 heterocycles. The molecule has 1 N–H and O–H groups in total. The Morgan fingerprint density at radius 3 is 2.52 bits per heavy atom. The van der Waals surface area contributed by atoms with Gasteiger partial charge in [-0.1, -0.05) is 6.07 Å². The van der Waals surface area contributed by atoms with Crippen LogP contribution in [0.25, 0.3) is 0 Å². The van der Waals surface area contributed by atoms with Crippen LogP contribution in [-0.4, -0.2) is 28.0 Å². The third kappa shape index (κ3) is 3.13. The second-order valence-corrected chi connectivity index (χ2v) is 4.89. The number of ketones is 1. The highest BCUT2D eigenvalue weighted by Gasteiger charge is 2.16. The highest BCUT2D eigenvalue weighted by atomic mass is 16.5. The van der Waals surface area contributed by atoms with E-state index in [9.17, 15) is 14.7 Å². The van der Waals surface area contributed by atoms with Gasteiger partial charge in [0, 0.05) is 24.0 Å². The third-order valence-corrected chi connectivity index (χ3v) is 3.49. The van der Waals surface area contributed by atoms with E-state index < -0.39 is 5.97 Å². The molecule has 0 aliphatic heterocycles. The summed E-state index contributed by atoms with van der Waals surface area (Å²) < 4.78 is 6.90. The van der Waals surface area contributed by atoms with E-state index >= 15 is 0 Å². The first-order valence-electron chi connectivity index (χ1n) is 6.52. The maximum absolute atomic E-state index is 12.1. The summed E-state index contributed by atoms with van der Waals surface area (Å²) in [6.07, 6.45) is 0. The van der Waals surface area contributed by atoms with Crippen molar-refractivity contribution < 1.29 is 19.4 Å². The fourth-order valence-corrected chi connectivity index (χ4v) is 2.06. The van der Waals surface area contributed by atoms with Crippen molar-refractivity contribution in [1.29, 1.82) is 0 Å². The lowest BCUT2D eigenvalue weighted by Crippen LogP contribution is -2.14. The summed E-state index contributed by atoms with van der Waals surface area (Å²) in [4.78, 5) is 23.9. The molecule has 0 aliphatic rings. The van der Waals surface area contributed by atoms with Crippen molar-refractivity contribution in [3.8, 4) is 5.75 Å². The van der Waals surface area contributed by atoms with Gasteiger partial charge in [0.15, 0.2) is 6.61 Å². The van der Waals surface area contributed by atoms with Gasteiger partial charge in [0.2, 0.25) is 5.78 Å². The van der Waals surface area contributed by atoms with E-state index in [1.54, 1.807) is 12.1 Å². The summed E-state index contributed by atoms with van der Waals surface area (Å²) >= 11 is 0. The number of esters is 1. The van der Waals surface area contributed by atoms with Gasteiger partial charge in [0.1, 0.15) is 5.75 Å². The second kappa shape index (κ2) is 5.83. The molecule has 2 rings (SSSR count). The first kappa shape index (κ1) is 14.8. The molecule has 0 unspecified atom stereocenters. The van der Waals surface area contributed by atoms with E-state index in [1.807, 2.05) is 25.5 Å². The van der Waals surface area contributed by atoms with Gasteiger partial charge in [0.25, 0.3) is 0 Å². The normalized spacial score (nSPS) is 10.4. The smallest absolute Gasteiger partial charge is 0.338 e. The van der Waals surface area contributed by atoms with Gasteiger partial charge in [-0.25, -0.2) is 4.79 Å². The first-order chi connectivity index (χ1) is 9.90. The fourth-order valence-electron chi connectivity index (χ4n) is 2.06. The number of aromatic nitrogens is 1.